The number of rotatable bonds is 6. The Morgan fingerprint density at radius 3 is 1.36 bits per heavy atom. The molecule has 0 amide bonds. The zero-order valence-corrected chi connectivity index (χ0v) is 35.4. The first-order valence-electron chi connectivity index (χ1n) is 22.3. The van der Waals surface area contributed by atoms with Crippen molar-refractivity contribution in [3.05, 3.63) is 265 Å². The molecule has 0 saturated heterocycles. The molecule has 64 heavy (non-hydrogen) atoms. The van der Waals surface area contributed by atoms with Crippen LogP contribution in [0.25, 0.3) is 72.0 Å². The Balaban J connectivity index is 0.892. The molecule has 0 spiro atoms. The number of hydrogen-bond acceptors (Lipinski definition) is 1. The van der Waals surface area contributed by atoms with Crippen LogP contribution in [0.5, 0.6) is 0 Å². The molecule has 2 heteroatoms. The number of para-hydroxylation sites is 3. The molecule has 0 atom stereocenters. The van der Waals surface area contributed by atoms with Crippen molar-refractivity contribution in [1.82, 2.24) is 4.57 Å². The maximum Gasteiger partial charge on any atom is 0.0541 e. The minimum Gasteiger partial charge on any atom is -0.310 e. The van der Waals surface area contributed by atoms with Gasteiger partial charge in [0.15, 0.2) is 0 Å². The van der Waals surface area contributed by atoms with Crippen molar-refractivity contribution in [1.29, 1.82) is 0 Å². The third kappa shape index (κ3) is 6.68. The Hall–Kier alpha value is -8.20. The molecule has 0 bridgehead atoms. The SMILES string of the molecule is c1ccc(N(c2ccc(-c3ccc(-c4ccc5c(c4)c4ccccc4n5-c4ccccc4)cc3)cc2)c2ccc3c(c2)Cc2ccccc2-c2ccccc2Cc2ccccc2-3)cc1. The maximum absolute atomic E-state index is 2.42. The molecule has 302 valence electrons. The molecule has 1 heterocycles. The number of hydrogen-bond donors (Lipinski definition) is 0. The van der Waals surface area contributed by atoms with E-state index in [0.717, 1.165) is 29.9 Å². The molecule has 1 aliphatic carbocycles. The molecule has 0 saturated carbocycles. The molecular weight excluding hydrogens is 773 g/mol. The van der Waals surface area contributed by atoms with Gasteiger partial charge in [-0.25, -0.2) is 0 Å². The van der Waals surface area contributed by atoms with Gasteiger partial charge in [-0.2, -0.15) is 0 Å². The first-order valence-corrected chi connectivity index (χ1v) is 22.3. The van der Waals surface area contributed by atoms with Crippen LogP contribution in [0.2, 0.25) is 0 Å². The molecule has 12 rings (SSSR count). The van der Waals surface area contributed by atoms with Crippen molar-refractivity contribution in [2.24, 2.45) is 0 Å². The van der Waals surface area contributed by atoms with Gasteiger partial charge in [-0.1, -0.05) is 176 Å². The van der Waals surface area contributed by atoms with Crippen molar-refractivity contribution in [3.8, 4) is 50.2 Å². The normalized spacial score (nSPS) is 11.9. The van der Waals surface area contributed by atoms with Crippen LogP contribution in [0.1, 0.15) is 22.3 Å². The maximum atomic E-state index is 2.42. The van der Waals surface area contributed by atoms with E-state index in [9.17, 15) is 0 Å². The highest BCUT2D eigenvalue weighted by molar-refractivity contribution is 6.10. The Morgan fingerprint density at radius 1 is 0.281 bits per heavy atom. The lowest BCUT2D eigenvalue weighted by Crippen LogP contribution is -2.11. The van der Waals surface area contributed by atoms with E-state index in [1.807, 2.05) is 0 Å². The van der Waals surface area contributed by atoms with Crippen LogP contribution < -0.4 is 4.90 Å². The second-order valence-electron chi connectivity index (χ2n) is 16.9. The molecule has 0 radical (unpaired) electrons. The minimum absolute atomic E-state index is 0.824. The number of anilines is 3. The van der Waals surface area contributed by atoms with Gasteiger partial charge in [0.2, 0.25) is 0 Å². The second kappa shape index (κ2) is 15.9. The largest absolute Gasteiger partial charge is 0.310 e. The molecule has 1 aromatic heterocycles. The molecule has 1 aliphatic rings. The van der Waals surface area contributed by atoms with E-state index in [1.165, 1.54) is 94.3 Å². The summed E-state index contributed by atoms with van der Waals surface area (Å²) in [4.78, 5) is 2.39. The van der Waals surface area contributed by atoms with Crippen molar-refractivity contribution in [2.75, 3.05) is 4.90 Å². The summed E-state index contributed by atoms with van der Waals surface area (Å²) < 4.78 is 2.37. The summed E-state index contributed by atoms with van der Waals surface area (Å²) in [6.45, 7) is 0. The molecule has 0 N–H and O–H groups in total. The van der Waals surface area contributed by atoms with Crippen molar-refractivity contribution >= 4 is 38.9 Å². The minimum atomic E-state index is 0.824. The molecule has 0 unspecified atom stereocenters. The lowest BCUT2D eigenvalue weighted by molar-refractivity contribution is 1.14. The fraction of sp³-hybridized carbons (Fsp3) is 0.0323. The van der Waals surface area contributed by atoms with Crippen LogP contribution in [0.3, 0.4) is 0 Å². The summed E-state index contributed by atoms with van der Waals surface area (Å²) >= 11 is 0. The summed E-state index contributed by atoms with van der Waals surface area (Å²) in [5.41, 5.74) is 22.4. The van der Waals surface area contributed by atoms with E-state index in [0.29, 0.717) is 0 Å². The highest BCUT2D eigenvalue weighted by Crippen LogP contribution is 2.42. The summed E-state index contributed by atoms with van der Waals surface area (Å²) in [5, 5.41) is 2.52. The van der Waals surface area contributed by atoms with Crippen LogP contribution in [0.15, 0.2) is 243 Å². The van der Waals surface area contributed by atoms with E-state index in [2.05, 4.69) is 252 Å². The fourth-order valence-electron chi connectivity index (χ4n) is 10.0. The lowest BCUT2D eigenvalue weighted by atomic mass is 9.84. The highest BCUT2D eigenvalue weighted by atomic mass is 15.1. The van der Waals surface area contributed by atoms with E-state index < -0.39 is 0 Å². The molecule has 10 aromatic carbocycles. The van der Waals surface area contributed by atoms with Gasteiger partial charge in [-0.3, -0.25) is 0 Å². The zero-order valence-electron chi connectivity index (χ0n) is 35.4. The Bertz CT molecular complexity index is 3470. The van der Waals surface area contributed by atoms with E-state index >= 15 is 0 Å². The monoisotopic (exact) mass is 816 g/mol. The predicted octanol–water partition coefficient (Wildman–Crippen LogP) is 16.4. The van der Waals surface area contributed by atoms with Gasteiger partial charge in [0.25, 0.3) is 0 Å². The lowest BCUT2D eigenvalue weighted by Gasteiger charge is -2.27. The van der Waals surface area contributed by atoms with Gasteiger partial charge < -0.3 is 9.47 Å². The first kappa shape index (κ1) is 37.6. The number of fused-ring (bicyclic) bond motifs is 9. The predicted molar refractivity (Wildman–Crippen MR) is 269 cm³/mol. The third-order valence-corrected chi connectivity index (χ3v) is 13.1. The van der Waals surface area contributed by atoms with Crippen molar-refractivity contribution < 1.29 is 0 Å². The summed E-state index contributed by atoms with van der Waals surface area (Å²) in [6.07, 6.45) is 1.70. The van der Waals surface area contributed by atoms with Gasteiger partial charge in [0, 0.05) is 33.5 Å². The van der Waals surface area contributed by atoms with Gasteiger partial charge in [0.05, 0.1) is 11.0 Å². The van der Waals surface area contributed by atoms with Gasteiger partial charge in [0.1, 0.15) is 0 Å². The average Bonchev–Trinajstić information content (AvgIpc) is 3.69. The second-order valence-corrected chi connectivity index (χ2v) is 16.9. The molecular formula is C62H44N2. The van der Waals surface area contributed by atoms with Crippen LogP contribution in [-0.2, 0) is 12.8 Å². The Kier molecular flexibility index (Phi) is 9.34. The third-order valence-electron chi connectivity index (χ3n) is 13.1. The molecule has 2 nitrogen and oxygen atoms in total. The Morgan fingerprint density at radius 2 is 0.719 bits per heavy atom. The first-order chi connectivity index (χ1) is 31.7. The Labute approximate surface area is 374 Å². The smallest absolute Gasteiger partial charge is 0.0541 e. The topological polar surface area (TPSA) is 8.17 Å². The number of benzene rings is 10. The molecule has 0 fully saturated rings. The van der Waals surface area contributed by atoms with Crippen LogP contribution in [0.4, 0.5) is 17.1 Å². The average molecular weight is 817 g/mol. The van der Waals surface area contributed by atoms with Crippen molar-refractivity contribution in [3.63, 3.8) is 0 Å². The van der Waals surface area contributed by atoms with E-state index in [4.69, 9.17) is 0 Å². The number of aromatic nitrogens is 1. The summed E-state index contributed by atoms with van der Waals surface area (Å²) in [5.74, 6) is 0. The zero-order chi connectivity index (χ0) is 42.4. The molecule has 0 aliphatic heterocycles. The van der Waals surface area contributed by atoms with E-state index in [-0.39, 0.29) is 0 Å². The van der Waals surface area contributed by atoms with Crippen LogP contribution in [0, 0.1) is 0 Å². The summed E-state index contributed by atoms with van der Waals surface area (Å²) in [7, 11) is 0. The van der Waals surface area contributed by atoms with E-state index in [1.54, 1.807) is 0 Å². The highest BCUT2D eigenvalue weighted by Gasteiger charge is 2.21. The van der Waals surface area contributed by atoms with Crippen molar-refractivity contribution in [2.45, 2.75) is 12.8 Å². The van der Waals surface area contributed by atoms with Gasteiger partial charge in [-0.05, 0) is 146 Å². The molecule has 11 aromatic rings. The van der Waals surface area contributed by atoms with Gasteiger partial charge in [-0.15, -0.1) is 0 Å². The summed E-state index contributed by atoms with van der Waals surface area (Å²) in [6, 6.07) is 89.0. The van der Waals surface area contributed by atoms with Crippen LogP contribution in [-0.4, -0.2) is 4.57 Å². The number of nitrogens with zero attached hydrogens (tertiary/aromatic N) is 2. The standard InChI is InChI=1S/C62H44N2/c1-3-18-51(19-4-1)63(54-36-37-58-50(41-54)40-49-17-9-11-23-56(49)55-22-10-7-15-47(55)39-48-16-8-12-24-57(48)58)53-34-31-44(32-35-53)43-27-29-45(30-28-43)46-33-38-62-60(42-46)59-25-13-14-26-61(59)64(62)52-20-5-2-6-21-52/h1-38,41-42H,39-40H2. The van der Waals surface area contributed by atoms with Gasteiger partial charge >= 0.3 is 0 Å². The van der Waals surface area contributed by atoms with Crippen LogP contribution >= 0.6 is 0 Å². The fourth-order valence-corrected chi connectivity index (χ4v) is 10.0. The quantitative estimate of drug-likeness (QED) is 0.162.